The number of rotatable bonds is 25. The van der Waals surface area contributed by atoms with Crippen molar-refractivity contribution in [2.45, 2.75) is 171 Å². The zero-order valence-corrected chi connectivity index (χ0v) is 43.1. The van der Waals surface area contributed by atoms with E-state index in [1.165, 1.54) is 77.0 Å². The fourth-order valence-corrected chi connectivity index (χ4v) is 10.3. The Labute approximate surface area is 419 Å². The van der Waals surface area contributed by atoms with Gasteiger partial charge in [-0.15, -0.1) is 0 Å². The van der Waals surface area contributed by atoms with Gasteiger partial charge in [-0.25, -0.2) is 15.0 Å². The van der Waals surface area contributed by atoms with Crippen LogP contribution in [-0.4, -0.2) is 55.1 Å². The Balaban J connectivity index is 0.00000444. The number of aromatic hydroxyl groups is 1. The quantitative estimate of drug-likeness (QED) is 0.0452. The topological polar surface area (TPSA) is 105 Å². The number of aryl methyl sites for hydroxylation is 1. The van der Waals surface area contributed by atoms with E-state index in [4.69, 9.17) is 38.6 Å². The molecule has 0 radical (unpaired) electrons. The van der Waals surface area contributed by atoms with E-state index in [0.717, 1.165) is 85.3 Å². The Morgan fingerprint density at radius 3 is 1.67 bits per heavy atom. The van der Waals surface area contributed by atoms with Crippen molar-refractivity contribution in [1.29, 1.82) is 0 Å². The van der Waals surface area contributed by atoms with Crippen molar-refractivity contribution in [2.75, 3.05) is 13.2 Å². The van der Waals surface area contributed by atoms with Gasteiger partial charge in [-0.3, -0.25) is 0 Å². The number of phenols is 1. The largest absolute Gasteiger partial charge is 0.507 e. The highest BCUT2D eigenvalue weighted by molar-refractivity contribution is 9.09. The molecule has 1 aromatic heterocycles. The molecule has 0 bridgehead atoms. The van der Waals surface area contributed by atoms with Gasteiger partial charge in [0.2, 0.25) is 0 Å². The Kier molecular flexibility index (Phi) is 19.9. The zero-order valence-electron chi connectivity index (χ0n) is 40.0. The Morgan fingerprint density at radius 2 is 1.04 bits per heavy atom. The SMILES string of the molecule is CCCCCCCCOc1ccc(Oc2ccc(-c3nc(-c4ccc(OC5CCCCC5Br)cc4)nc(-c4ccc(OC5CCCCC5Br)cc4C)n3)c(O)c2)c(OCCCCCCCC)c1.[HH].[HH]. The number of nitrogens with zero attached hydrogens (tertiary/aromatic N) is 3. The van der Waals surface area contributed by atoms with E-state index in [1.807, 2.05) is 60.7 Å². The number of halogens is 2. The molecular formula is C56H75Br2N3O6. The lowest BCUT2D eigenvalue weighted by Gasteiger charge is -2.28. The lowest BCUT2D eigenvalue weighted by atomic mass is 9.97. The van der Waals surface area contributed by atoms with Crippen LogP contribution in [0.3, 0.4) is 0 Å². The number of ether oxygens (including phenoxy) is 5. The van der Waals surface area contributed by atoms with Crippen LogP contribution in [0.4, 0.5) is 0 Å². The summed E-state index contributed by atoms with van der Waals surface area (Å²) >= 11 is 7.67. The summed E-state index contributed by atoms with van der Waals surface area (Å²) in [5.41, 5.74) is 3.09. The van der Waals surface area contributed by atoms with Gasteiger partial charge in [-0.2, -0.15) is 0 Å². The van der Waals surface area contributed by atoms with Crippen LogP contribution in [0.15, 0.2) is 78.9 Å². The van der Waals surface area contributed by atoms with Gasteiger partial charge in [0.25, 0.3) is 0 Å². The average Bonchev–Trinajstić information content (AvgIpc) is 3.33. The molecule has 2 saturated carbocycles. The number of aromatic nitrogens is 3. The Hall–Kier alpha value is -4.35. The van der Waals surface area contributed by atoms with Crippen molar-refractivity contribution in [2.24, 2.45) is 0 Å². The van der Waals surface area contributed by atoms with Crippen LogP contribution in [0.5, 0.6) is 40.2 Å². The first kappa shape index (κ1) is 50.5. The second kappa shape index (κ2) is 26.4. The van der Waals surface area contributed by atoms with E-state index >= 15 is 0 Å². The summed E-state index contributed by atoms with van der Waals surface area (Å²) < 4.78 is 31.9. The number of benzene rings is 4. The molecule has 4 unspecified atom stereocenters. The van der Waals surface area contributed by atoms with Crippen molar-refractivity contribution in [3.8, 4) is 74.4 Å². The van der Waals surface area contributed by atoms with Gasteiger partial charge in [0.15, 0.2) is 29.0 Å². The minimum Gasteiger partial charge on any atom is -0.507 e. The number of alkyl halides is 2. The number of phenolic OH excluding ortho intramolecular Hbond substituents is 1. The van der Waals surface area contributed by atoms with Crippen molar-refractivity contribution in [3.05, 3.63) is 84.4 Å². The molecule has 0 saturated heterocycles. The molecule has 1 heterocycles. The average molecular weight is 1050 g/mol. The summed E-state index contributed by atoms with van der Waals surface area (Å²) in [6, 6.07) is 25.0. The molecule has 4 aromatic carbocycles. The molecule has 0 aliphatic heterocycles. The lowest BCUT2D eigenvalue weighted by molar-refractivity contribution is 0.163. The van der Waals surface area contributed by atoms with Crippen LogP contribution in [0.1, 0.15) is 151 Å². The highest BCUT2D eigenvalue weighted by atomic mass is 79.9. The van der Waals surface area contributed by atoms with Crippen LogP contribution < -0.4 is 23.7 Å². The van der Waals surface area contributed by atoms with Gasteiger partial charge in [-0.1, -0.05) is 123 Å². The van der Waals surface area contributed by atoms with E-state index < -0.39 is 0 Å². The molecule has 364 valence electrons. The third kappa shape index (κ3) is 15.1. The van der Waals surface area contributed by atoms with Gasteiger partial charge < -0.3 is 28.8 Å². The smallest absolute Gasteiger partial charge is 0.169 e. The number of unbranched alkanes of at least 4 members (excludes halogenated alkanes) is 10. The third-order valence-corrected chi connectivity index (χ3v) is 15.0. The fourth-order valence-electron chi connectivity index (χ4n) is 8.91. The van der Waals surface area contributed by atoms with Gasteiger partial charge >= 0.3 is 0 Å². The zero-order chi connectivity index (χ0) is 46.8. The molecule has 0 spiro atoms. The highest BCUT2D eigenvalue weighted by Gasteiger charge is 2.26. The van der Waals surface area contributed by atoms with E-state index in [0.29, 0.717) is 63.2 Å². The van der Waals surface area contributed by atoms with E-state index in [-0.39, 0.29) is 20.8 Å². The molecule has 7 rings (SSSR count). The predicted molar refractivity (Wildman–Crippen MR) is 282 cm³/mol. The maximum atomic E-state index is 11.7. The van der Waals surface area contributed by atoms with Crippen LogP contribution >= 0.6 is 31.9 Å². The van der Waals surface area contributed by atoms with Crippen molar-refractivity contribution < 1.29 is 31.6 Å². The summed E-state index contributed by atoms with van der Waals surface area (Å²) in [6.07, 6.45) is 23.6. The van der Waals surface area contributed by atoms with Gasteiger partial charge in [0, 0.05) is 26.1 Å². The van der Waals surface area contributed by atoms with Crippen molar-refractivity contribution in [3.63, 3.8) is 0 Å². The molecule has 2 aliphatic rings. The molecule has 2 aliphatic carbocycles. The summed E-state index contributed by atoms with van der Waals surface area (Å²) in [4.78, 5) is 15.7. The summed E-state index contributed by atoms with van der Waals surface area (Å²) in [5, 5.41) is 11.7. The standard InChI is InChI=1S/C56H71Br2N3O6.2H2/c1-4-6-8-10-12-18-34-63-42-30-33-52(53(38-42)64-35-19-13-11-9-7-5-2)67-44-29-32-46(49(62)37-44)56-60-54(40-24-26-41(27-25-40)65-50-22-16-14-20-47(50)57)59-55(61-56)45-31-28-43(36-39(45)3)66-51-23-17-15-21-48(51)58;;/h24-33,36-38,47-48,50-51,62H,4-23,34-35H2,1-3H3;2*1H. The second-order valence-corrected chi connectivity index (χ2v) is 20.7. The molecule has 2 fully saturated rings. The fraction of sp³-hybridized carbons (Fsp3) is 0.518. The molecule has 9 nitrogen and oxygen atoms in total. The minimum atomic E-state index is -0.0214. The van der Waals surface area contributed by atoms with Gasteiger partial charge in [0.1, 0.15) is 41.0 Å². The van der Waals surface area contributed by atoms with Crippen LogP contribution in [0, 0.1) is 6.92 Å². The number of hydrogen-bond acceptors (Lipinski definition) is 9. The molecule has 4 atom stereocenters. The summed E-state index contributed by atoms with van der Waals surface area (Å²) in [6.45, 7) is 7.77. The van der Waals surface area contributed by atoms with E-state index in [1.54, 1.807) is 12.1 Å². The van der Waals surface area contributed by atoms with E-state index in [9.17, 15) is 5.11 Å². The van der Waals surface area contributed by atoms with Crippen LogP contribution in [0.25, 0.3) is 34.2 Å². The van der Waals surface area contributed by atoms with E-state index in [2.05, 4.69) is 58.7 Å². The minimum absolute atomic E-state index is 0. The maximum Gasteiger partial charge on any atom is 0.169 e. The third-order valence-electron chi connectivity index (χ3n) is 12.9. The highest BCUT2D eigenvalue weighted by Crippen LogP contribution is 2.40. The van der Waals surface area contributed by atoms with Gasteiger partial charge in [-0.05, 0) is 131 Å². The summed E-state index contributed by atoms with van der Waals surface area (Å²) in [5.74, 6) is 5.31. The molecule has 0 amide bonds. The summed E-state index contributed by atoms with van der Waals surface area (Å²) in [7, 11) is 0. The van der Waals surface area contributed by atoms with Crippen molar-refractivity contribution in [1.82, 2.24) is 15.0 Å². The monoisotopic (exact) mass is 1040 g/mol. The Bertz CT molecular complexity index is 2310. The van der Waals surface area contributed by atoms with Gasteiger partial charge in [0.05, 0.1) is 28.4 Å². The van der Waals surface area contributed by atoms with Crippen LogP contribution in [0.2, 0.25) is 0 Å². The molecule has 1 N–H and O–H groups in total. The van der Waals surface area contributed by atoms with Crippen LogP contribution in [-0.2, 0) is 0 Å². The Morgan fingerprint density at radius 1 is 0.522 bits per heavy atom. The number of hydrogen-bond donors (Lipinski definition) is 1. The second-order valence-electron chi connectivity index (χ2n) is 18.3. The first-order valence-corrected chi connectivity index (χ1v) is 27.1. The normalized spacial score (nSPS) is 18.3. The molecular weight excluding hydrogens is 970 g/mol. The first-order valence-electron chi connectivity index (χ1n) is 25.3. The van der Waals surface area contributed by atoms with Crippen molar-refractivity contribution >= 4 is 31.9 Å². The molecule has 11 heteroatoms. The lowest BCUT2D eigenvalue weighted by Crippen LogP contribution is -2.30. The maximum absolute atomic E-state index is 11.7. The molecule has 5 aromatic rings. The first-order chi connectivity index (χ1) is 32.8. The molecule has 67 heavy (non-hydrogen) atoms. The predicted octanol–water partition coefficient (Wildman–Crippen LogP) is 16.8.